The maximum absolute atomic E-state index is 13.1. The van der Waals surface area contributed by atoms with Crippen molar-refractivity contribution in [2.24, 2.45) is 23.7 Å². The Labute approximate surface area is 581 Å². The van der Waals surface area contributed by atoms with Gasteiger partial charge in [0.25, 0.3) is 0 Å². The van der Waals surface area contributed by atoms with Crippen molar-refractivity contribution < 1.29 is 80.2 Å². The maximum atomic E-state index is 13.1. The lowest BCUT2D eigenvalue weighted by Crippen LogP contribution is -2.30. The van der Waals surface area contributed by atoms with Crippen molar-refractivity contribution in [1.29, 1.82) is 0 Å². The molecule has 0 saturated heterocycles. The second kappa shape index (κ2) is 65.4. The molecule has 0 aliphatic heterocycles. The molecule has 0 radical (unpaired) electrons. The number of carbonyl (C=O) groups excluding carboxylic acids is 4. The molecular weight excluding hydrogens is 1250 g/mol. The zero-order valence-electron chi connectivity index (χ0n) is 62.3. The average Bonchev–Trinajstić information content (AvgIpc) is 2.71. The SMILES string of the molecule is CC(C)CCCCCCCCCCCCCCCCCCCCC(=O)O[C@H](COC(=O)CCCCCCCCCCC(C)C)COP(=O)(O)OCC(O)COP(=O)(O)OC[C@@H](COC(=O)CCCCCCCCCCC(C)C)OC(=O)CCCCCCCCCCCC(C)C. The Balaban J connectivity index is 5.19. The molecule has 0 spiro atoms. The molecule has 0 aromatic heterocycles. The molecule has 0 fully saturated rings. The zero-order chi connectivity index (χ0) is 70.3. The number of carbonyl (C=O) groups is 4. The summed E-state index contributed by atoms with van der Waals surface area (Å²) < 4.78 is 68.5. The highest BCUT2D eigenvalue weighted by Gasteiger charge is 2.30. The second-order valence-corrected chi connectivity index (χ2v) is 32.2. The molecule has 95 heavy (non-hydrogen) atoms. The minimum absolute atomic E-state index is 0.104. The van der Waals surface area contributed by atoms with E-state index in [1.54, 1.807) is 0 Å². The van der Waals surface area contributed by atoms with Gasteiger partial charge in [0.15, 0.2) is 12.2 Å². The number of aliphatic hydroxyl groups excluding tert-OH is 1. The Morgan fingerprint density at radius 2 is 0.442 bits per heavy atom. The molecular formula is C76H148O17P2. The van der Waals surface area contributed by atoms with Crippen LogP contribution in [0.4, 0.5) is 0 Å². The van der Waals surface area contributed by atoms with Crippen LogP contribution in [0.1, 0.15) is 383 Å². The van der Waals surface area contributed by atoms with Gasteiger partial charge < -0.3 is 33.8 Å². The summed E-state index contributed by atoms with van der Waals surface area (Å²) in [6.45, 7) is 14.1. The minimum atomic E-state index is -4.96. The van der Waals surface area contributed by atoms with Crippen LogP contribution in [0.15, 0.2) is 0 Å². The highest BCUT2D eigenvalue weighted by Crippen LogP contribution is 2.45. The second-order valence-electron chi connectivity index (χ2n) is 29.3. The first-order chi connectivity index (χ1) is 45.6. The van der Waals surface area contributed by atoms with Gasteiger partial charge in [-0.15, -0.1) is 0 Å². The van der Waals surface area contributed by atoms with Crippen LogP contribution < -0.4 is 0 Å². The standard InChI is InChI=1S/C76H148O17P2/c1-66(2)52-44-36-28-20-17-15-13-11-9-10-12-14-16-18-22-34-42-50-58-75(80)92-71(62-86-73(78)56-48-40-32-26-24-30-38-46-54-68(5)6)64-90-94(82,83)88-60-70(77)61-89-95(84,85)91-65-72(63-87-74(79)57-49-41-33-27-25-31-39-47-55-69(7)8)93-76(81)59-51-43-35-23-19-21-29-37-45-53-67(3)4/h66-72,77H,9-65H2,1-8H3,(H,82,83)(H,84,85)/t70?,71-,72-/m1/s1. The van der Waals surface area contributed by atoms with E-state index in [1.165, 1.54) is 186 Å². The number of hydrogen-bond donors (Lipinski definition) is 3. The predicted octanol–water partition coefficient (Wildman–Crippen LogP) is 22.0. The van der Waals surface area contributed by atoms with Gasteiger partial charge in [-0.05, 0) is 49.4 Å². The average molecular weight is 1400 g/mol. The monoisotopic (exact) mass is 1400 g/mol. The topological polar surface area (TPSA) is 237 Å². The molecule has 564 valence electrons. The van der Waals surface area contributed by atoms with Crippen LogP contribution in [0, 0.1) is 23.7 Å². The van der Waals surface area contributed by atoms with Crippen molar-refractivity contribution in [1.82, 2.24) is 0 Å². The number of hydrogen-bond acceptors (Lipinski definition) is 15. The number of phosphoric ester groups is 2. The number of rotatable bonds is 73. The lowest BCUT2D eigenvalue weighted by molar-refractivity contribution is -0.161. The van der Waals surface area contributed by atoms with E-state index < -0.39 is 97.5 Å². The fourth-order valence-electron chi connectivity index (χ4n) is 11.6. The van der Waals surface area contributed by atoms with Gasteiger partial charge in [0.2, 0.25) is 0 Å². The van der Waals surface area contributed by atoms with Crippen molar-refractivity contribution in [3.8, 4) is 0 Å². The van der Waals surface area contributed by atoms with E-state index in [9.17, 15) is 43.2 Å². The van der Waals surface area contributed by atoms with Crippen LogP contribution in [0.25, 0.3) is 0 Å². The largest absolute Gasteiger partial charge is 0.472 e. The molecule has 0 aliphatic rings. The number of phosphoric acid groups is 2. The third kappa shape index (κ3) is 70.3. The molecule has 19 heteroatoms. The molecule has 0 aromatic carbocycles. The first-order valence-corrected chi connectivity index (χ1v) is 42.2. The fraction of sp³-hybridized carbons (Fsp3) is 0.947. The lowest BCUT2D eigenvalue weighted by atomic mass is 10.0. The molecule has 0 amide bonds. The predicted molar refractivity (Wildman–Crippen MR) is 386 cm³/mol. The molecule has 0 aliphatic carbocycles. The third-order valence-corrected chi connectivity index (χ3v) is 19.5. The summed E-state index contributed by atoms with van der Waals surface area (Å²) in [5.41, 5.74) is 0. The Morgan fingerprint density at radius 1 is 0.263 bits per heavy atom. The Bertz CT molecular complexity index is 1870. The van der Waals surface area contributed by atoms with E-state index in [4.69, 9.17) is 37.0 Å². The van der Waals surface area contributed by atoms with Crippen molar-refractivity contribution in [2.75, 3.05) is 39.6 Å². The number of ether oxygens (including phenoxy) is 4. The van der Waals surface area contributed by atoms with Gasteiger partial charge in [-0.25, -0.2) is 9.13 Å². The molecule has 17 nitrogen and oxygen atoms in total. The van der Waals surface area contributed by atoms with E-state index in [1.807, 2.05) is 0 Å². The number of aliphatic hydroxyl groups is 1. The van der Waals surface area contributed by atoms with Crippen LogP contribution >= 0.6 is 15.6 Å². The molecule has 3 unspecified atom stereocenters. The fourth-order valence-corrected chi connectivity index (χ4v) is 13.1. The molecule has 0 aromatic rings. The van der Waals surface area contributed by atoms with E-state index >= 15 is 0 Å². The van der Waals surface area contributed by atoms with Gasteiger partial charge in [0.05, 0.1) is 26.4 Å². The van der Waals surface area contributed by atoms with E-state index in [2.05, 4.69) is 55.4 Å². The van der Waals surface area contributed by atoms with E-state index in [0.29, 0.717) is 25.7 Å². The third-order valence-electron chi connectivity index (χ3n) is 17.6. The van der Waals surface area contributed by atoms with Crippen LogP contribution in [-0.4, -0.2) is 96.7 Å². The minimum Gasteiger partial charge on any atom is -0.462 e. The van der Waals surface area contributed by atoms with Crippen molar-refractivity contribution >= 4 is 39.5 Å². The van der Waals surface area contributed by atoms with Gasteiger partial charge in [-0.3, -0.25) is 37.3 Å². The summed E-state index contributed by atoms with van der Waals surface area (Å²) in [4.78, 5) is 72.7. The summed E-state index contributed by atoms with van der Waals surface area (Å²) in [6, 6.07) is 0. The lowest BCUT2D eigenvalue weighted by Gasteiger charge is -2.21. The van der Waals surface area contributed by atoms with Gasteiger partial charge in [-0.1, -0.05) is 331 Å². The van der Waals surface area contributed by atoms with Gasteiger partial charge >= 0.3 is 39.5 Å². The van der Waals surface area contributed by atoms with Crippen molar-refractivity contribution in [3.63, 3.8) is 0 Å². The summed E-state index contributed by atoms with van der Waals surface area (Å²) in [5.74, 6) is 0.886. The summed E-state index contributed by atoms with van der Waals surface area (Å²) in [5, 5.41) is 10.6. The maximum Gasteiger partial charge on any atom is 0.472 e. The molecule has 5 atom stereocenters. The van der Waals surface area contributed by atoms with Crippen LogP contribution in [-0.2, 0) is 65.4 Å². The summed E-state index contributed by atoms with van der Waals surface area (Å²) in [6.07, 6.45) is 50.2. The van der Waals surface area contributed by atoms with Gasteiger partial charge in [-0.2, -0.15) is 0 Å². The molecule has 0 bridgehead atoms. The molecule has 0 heterocycles. The molecule has 0 saturated carbocycles. The van der Waals surface area contributed by atoms with Gasteiger partial charge in [0.1, 0.15) is 19.3 Å². The van der Waals surface area contributed by atoms with Crippen molar-refractivity contribution in [2.45, 2.75) is 401 Å². The van der Waals surface area contributed by atoms with E-state index in [0.717, 1.165) is 114 Å². The quantitative estimate of drug-likeness (QED) is 0.0222. The Kier molecular flexibility index (Phi) is 64.0. The first-order valence-electron chi connectivity index (χ1n) is 39.2. The number of unbranched alkanes of at least 4 members (excludes halogenated alkanes) is 39. The highest BCUT2D eigenvalue weighted by atomic mass is 31.2. The Hall–Kier alpha value is -1.94. The zero-order valence-corrected chi connectivity index (χ0v) is 64.1. The van der Waals surface area contributed by atoms with Crippen LogP contribution in [0.3, 0.4) is 0 Å². The van der Waals surface area contributed by atoms with Crippen LogP contribution in [0.5, 0.6) is 0 Å². The number of esters is 4. The van der Waals surface area contributed by atoms with Crippen molar-refractivity contribution in [3.05, 3.63) is 0 Å². The van der Waals surface area contributed by atoms with E-state index in [-0.39, 0.29) is 25.7 Å². The molecule has 3 N–H and O–H groups in total. The first kappa shape index (κ1) is 93.1. The smallest absolute Gasteiger partial charge is 0.462 e. The van der Waals surface area contributed by atoms with Gasteiger partial charge in [0, 0.05) is 25.7 Å². The highest BCUT2D eigenvalue weighted by molar-refractivity contribution is 7.47. The molecule has 0 rings (SSSR count). The summed E-state index contributed by atoms with van der Waals surface area (Å²) in [7, 11) is -9.91. The normalized spacial score (nSPS) is 14.1. The Morgan fingerprint density at radius 3 is 0.653 bits per heavy atom. The van der Waals surface area contributed by atoms with Crippen LogP contribution in [0.2, 0.25) is 0 Å². The summed E-state index contributed by atoms with van der Waals surface area (Å²) >= 11 is 0.